The number of nitrogens with zero attached hydrogens (tertiary/aromatic N) is 2. The predicted molar refractivity (Wildman–Crippen MR) is 110 cm³/mol. The highest BCUT2D eigenvalue weighted by atomic mass is 32.1. The standard InChI is InChI=1S/C21H24FN3OS/c1-3-23-20(27)13-10-16(2)21(26)25(15-18-8-4-5-14-24-18)19-9-6-7-17(22)11-12-19/h4-5,7-14,16H,3,6,15H2,1-2H3,(H,23,27)/b13-10-. The van der Waals surface area contributed by atoms with E-state index in [-0.39, 0.29) is 17.7 Å². The van der Waals surface area contributed by atoms with E-state index >= 15 is 0 Å². The molecular weight excluding hydrogens is 361 g/mol. The topological polar surface area (TPSA) is 45.2 Å². The molecule has 1 aromatic rings. The molecule has 1 amide bonds. The zero-order valence-corrected chi connectivity index (χ0v) is 16.4. The van der Waals surface area contributed by atoms with Gasteiger partial charge in [-0.2, -0.15) is 0 Å². The summed E-state index contributed by atoms with van der Waals surface area (Å²) < 4.78 is 13.5. The molecule has 1 aromatic heterocycles. The van der Waals surface area contributed by atoms with E-state index in [1.165, 1.54) is 12.2 Å². The summed E-state index contributed by atoms with van der Waals surface area (Å²) in [5.74, 6) is -0.800. The molecule has 1 N–H and O–H groups in total. The Bertz CT molecular complexity index is 784. The molecule has 0 radical (unpaired) electrons. The van der Waals surface area contributed by atoms with Gasteiger partial charge >= 0.3 is 0 Å². The average molecular weight is 386 g/mol. The molecule has 1 heterocycles. The zero-order valence-electron chi connectivity index (χ0n) is 15.6. The lowest BCUT2D eigenvalue weighted by atomic mass is 10.1. The molecule has 0 aliphatic heterocycles. The van der Waals surface area contributed by atoms with Gasteiger partial charge in [0, 0.05) is 18.4 Å². The Morgan fingerprint density at radius 2 is 2.22 bits per heavy atom. The van der Waals surface area contributed by atoms with E-state index < -0.39 is 0 Å². The second-order valence-electron chi connectivity index (χ2n) is 6.07. The van der Waals surface area contributed by atoms with Gasteiger partial charge in [0.1, 0.15) is 5.83 Å². The van der Waals surface area contributed by atoms with Crippen molar-refractivity contribution in [2.75, 3.05) is 6.54 Å². The highest BCUT2D eigenvalue weighted by Crippen LogP contribution is 2.20. The maximum atomic E-state index is 13.5. The third-order valence-electron chi connectivity index (χ3n) is 3.95. The van der Waals surface area contributed by atoms with E-state index in [1.54, 1.807) is 29.3 Å². The van der Waals surface area contributed by atoms with E-state index in [1.807, 2.05) is 38.1 Å². The number of hydrogen-bond acceptors (Lipinski definition) is 3. The van der Waals surface area contributed by atoms with Crippen molar-refractivity contribution in [1.29, 1.82) is 0 Å². The normalized spacial score (nSPS) is 14.9. The second kappa shape index (κ2) is 10.5. The van der Waals surface area contributed by atoms with Crippen LogP contribution >= 0.6 is 12.2 Å². The van der Waals surface area contributed by atoms with Crippen LogP contribution in [0.4, 0.5) is 4.39 Å². The van der Waals surface area contributed by atoms with E-state index in [0.717, 1.165) is 12.2 Å². The van der Waals surface area contributed by atoms with E-state index in [0.29, 0.717) is 23.7 Å². The fourth-order valence-corrected chi connectivity index (χ4v) is 2.76. The molecule has 4 nitrogen and oxygen atoms in total. The Kier molecular flexibility index (Phi) is 8.07. The van der Waals surface area contributed by atoms with Gasteiger partial charge in [0.2, 0.25) is 5.91 Å². The molecule has 1 aliphatic rings. The molecule has 142 valence electrons. The number of hydrogen-bond donors (Lipinski definition) is 1. The second-order valence-corrected chi connectivity index (χ2v) is 6.51. The maximum absolute atomic E-state index is 13.5. The molecule has 0 saturated carbocycles. The van der Waals surface area contributed by atoms with Crippen LogP contribution < -0.4 is 5.32 Å². The number of thiocarbonyl (C=S) groups is 1. The smallest absolute Gasteiger partial charge is 0.233 e. The summed E-state index contributed by atoms with van der Waals surface area (Å²) >= 11 is 5.18. The highest BCUT2D eigenvalue weighted by molar-refractivity contribution is 7.80. The lowest BCUT2D eigenvalue weighted by Gasteiger charge is -2.25. The zero-order chi connectivity index (χ0) is 19.6. The minimum Gasteiger partial charge on any atom is -0.377 e. The quantitative estimate of drug-likeness (QED) is 0.563. The van der Waals surface area contributed by atoms with Crippen LogP contribution in [0.3, 0.4) is 0 Å². The molecule has 0 spiro atoms. The number of rotatable bonds is 7. The van der Waals surface area contributed by atoms with Gasteiger partial charge in [0.15, 0.2) is 0 Å². The van der Waals surface area contributed by atoms with Crippen LogP contribution in [0.5, 0.6) is 0 Å². The van der Waals surface area contributed by atoms with Crippen molar-refractivity contribution in [2.45, 2.75) is 26.8 Å². The first-order valence-corrected chi connectivity index (χ1v) is 9.33. The van der Waals surface area contributed by atoms with Crippen molar-refractivity contribution in [3.05, 3.63) is 78.1 Å². The fraction of sp³-hybridized carbons (Fsp3) is 0.286. The third kappa shape index (κ3) is 6.57. The molecular formula is C21H24FN3OS. The first kappa shape index (κ1) is 20.7. The van der Waals surface area contributed by atoms with Crippen LogP contribution in [0, 0.1) is 5.92 Å². The SMILES string of the molecule is CCNC(=S)/C=C\C(C)C(=O)N(Cc1ccccn1)C1=CCC=C(F)C=C1. The van der Waals surface area contributed by atoms with Gasteiger partial charge in [-0.15, -0.1) is 0 Å². The largest absolute Gasteiger partial charge is 0.377 e. The Labute approximate surface area is 165 Å². The Balaban J connectivity index is 2.23. The van der Waals surface area contributed by atoms with Crippen LogP contribution in [0.1, 0.15) is 26.0 Å². The average Bonchev–Trinajstić information content (AvgIpc) is 2.89. The van der Waals surface area contributed by atoms with Gasteiger partial charge in [-0.05, 0) is 49.8 Å². The summed E-state index contributed by atoms with van der Waals surface area (Å²) in [5, 5.41) is 3.02. The van der Waals surface area contributed by atoms with E-state index in [2.05, 4.69) is 10.3 Å². The van der Waals surface area contributed by atoms with Crippen molar-refractivity contribution in [3.63, 3.8) is 0 Å². The molecule has 1 unspecified atom stereocenters. The van der Waals surface area contributed by atoms with Gasteiger partial charge in [0.25, 0.3) is 0 Å². The molecule has 6 heteroatoms. The minimum absolute atomic E-state index is 0.102. The van der Waals surface area contributed by atoms with Gasteiger partial charge in [-0.1, -0.05) is 37.4 Å². The van der Waals surface area contributed by atoms with Crippen molar-refractivity contribution in [3.8, 4) is 0 Å². The lowest BCUT2D eigenvalue weighted by Crippen LogP contribution is -2.33. The Hall–Kier alpha value is -2.60. The number of aromatic nitrogens is 1. The fourth-order valence-electron chi connectivity index (χ4n) is 2.54. The van der Waals surface area contributed by atoms with Crippen LogP contribution in [-0.4, -0.2) is 27.3 Å². The van der Waals surface area contributed by atoms with Crippen molar-refractivity contribution in [2.24, 2.45) is 5.92 Å². The highest BCUT2D eigenvalue weighted by Gasteiger charge is 2.22. The number of nitrogens with one attached hydrogen (secondary N) is 1. The molecule has 0 aromatic carbocycles. The lowest BCUT2D eigenvalue weighted by molar-refractivity contribution is -0.131. The Morgan fingerprint density at radius 3 is 2.93 bits per heavy atom. The number of amides is 1. The Morgan fingerprint density at radius 1 is 1.41 bits per heavy atom. The van der Waals surface area contributed by atoms with Crippen molar-refractivity contribution < 1.29 is 9.18 Å². The maximum Gasteiger partial charge on any atom is 0.233 e. The number of halogens is 1. The molecule has 1 atom stereocenters. The number of allylic oxidation sites excluding steroid dienone is 5. The first-order valence-electron chi connectivity index (χ1n) is 8.92. The van der Waals surface area contributed by atoms with E-state index in [9.17, 15) is 9.18 Å². The molecule has 0 bridgehead atoms. The molecule has 1 aliphatic carbocycles. The van der Waals surface area contributed by atoms with Crippen LogP contribution in [0.25, 0.3) is 0 Å². The van der Waals surface area contributed by atoms with Crippen molar-refractivity contribution >= 4 is 23.1 Å². The first-order chi connectivity index (χ1) is 13.0. The van der Waals surface area contributed by atoms with Crippen LogP contribution in [0.15, 0.2) is 72.4 Å². The molecule has 2 rings (SSSR count). The summed E-state index contributed by atoms with van der Waals surface area (Å²) in [6, 6.07) is 5.56. The third-order valence-corrected chi connectivity index (χ3v) is 4.23. The molecule has 0 fully saturated rings. The molecule has 0 saturated heterocycles. The molecule has 27 heavy (non-hydrogen) atoms. The summed E-state index contributed by atoms with van der Waals surface area (Å²) in [4.78, 5) is 19.6. The van der Waals surface area contributed by atoms with Gasteiger partial charge in [-0.25, -0.2) is 4.39 Å². The van der Waals surface area contributed by atoms with Gasteiger partial charge < -0.3 is 10.2 Å². The number of pyridine rings is 1. The number of carbonyl (C=O) groups is 1. The minimum atomic E-state index is -0.388. The monoisotopic (exact) mass is 385 g/mol. The van der Waals surface area contributed by atoms with Crippen LogP contribution in [-0.2, 0) is 11.3 Å². The van der Waals surface area contributed by atoms with Crippen molar-refractivity contribution in [1.82, 2.24) is 15.2 Å². The number of likely N-dealkylation sites (N-methyl/N-ethyl adjacent to an activating group) is 1. The van der Waals surface area contributed by atoms with Gasteiger partial charge in [-0.3, -0.25) is 9.78 Å². The summed E-state index contributed by atoms with van der Waals surface area (Å²) in [6.45, 7) is 4.82. The summed E-state index contributed by atoms with van der Waals surface area (Å²) in [7, 11) is 0. The van der Waals surface area contributed by atoms with Gasteiger partial charge in [0.05, 0.1) is 23.1 Å². The summed E-state index contributed by atoms with van der Waals surface area (Å²) in [6.07, 6.45) is 11.9. The summed E-state index contributed by atoms with van der Waals surface area (Å²) in [5.41, 5.74) is 1.42. The predicted octanol–water partition coefficient (Wildman–Crippen LogP) is 4.24. The van der Waals surface area contributed by atoms with E-state index in [4.69, 9.17) is 12.2 Å². The van der Waals surface area contributed by atoms with Crippen LogP contribution in [0.2, 0.25) is 0 Å². The number of carbonyl (C=O) groups excluding carboxylic acids is 1.